The third-order valence-electron chi connectivity index (χ3n) is 4.40. The van der Waals surface area contributed by atoms with E-state index in [0.29, 0.717) is 18.1 Å². The van der Waals surface area contributed by atoms with Crippen LogP contribution < -0.4 is 19.5 Å². The molecule has 0 unspecified atom stereocenters. The van der Waals surface area contributed by atoms with Crippen LogP contribution in [-0.2, 0) is 4.79 Å². The highest BCUT2D eigenvalue weighted by atomic mass is 35.5. The Morgan fingerprint density at radius 2 is 1.81 bits per heavy atom. The van der Waals surface area contributed by atoms with E-state index in [4.69, 9.17) is 25.8 Å². The van der Waals surface area contributed by atoms with Crippen LogP contribution in [0.25, 0.3) is 6.08 Å². The molecule has 7 nitrogen and oxygen atoms in total. The second-order valence-corrected chi connectivity index (χ2v) is 7.03. The Labute approximate surface area is 186 Å². The predicted octanol–water partition coefficient (Wildman–Crippen LogP) is 5.28. The number of halogens is 1. The molecule has 0 heterocycles. The third-order valence-corrected chi connectivity index (χ3v) is 4.71. The van der Waals surface area contributed by atoms with Gasteiger partial charge in [0.2, 0.25) is 5.91 Å². The quantitative estimate of drug-likeness (QED) is 0.359. The maximum Gasteiger partial charge on any atom is 0.339 e. The topological polar surface area (TPSA) is 94.1 Å². The largest absolute Gasteiger partial charge is 0.496 e. The average molecular weight is 448 g/mol. The summed E-state index contributed by atoms with van der Waals surface area (Å²) in [6.45, 7) is 2.75. The lowest BCUT2D eigenvalue weighted by Gasteiger charge is -2.11. The first-order valence-corrected chi connectivity index (χ1v) is 10.2. The van der Waals surface area contributed by atoms with Crippen molar-refractivity contribution in [2.75, 3.05) is 26.1 Å². The van der Waals surface area contributed by atoms with Crippen molar-refractivity contribution in [1.29, 1.82) is 0 Å². The zero-order valence-electron chi connectivity index (χ0n) is 17.7. The Morgan fingerprint density at radius 3 is 2.45 bits per heavy atom. The van der Waals surface area contributed by atoms with Gasteiger partial charge in [-0.15, -0.1) is 0 Å². The molecule has 2 N–H and O–H groups in total. The number of unbranched alkanes of at least 4 members (excludes halogenated alkanes) is 2. The number of amides is 1. The molecule has 0 aliphatic heterocycles. The lowest BCUT2D eigenvalue weighted by atomic mass is 10.1. The van der Waals surface area contributed by atoms with Gasteiger partial charge in [-0.1, -0.05) is 37.4 Å². The summed E-state index contributed by atoms with van der Waals surface area (Å²) in [6.07, 6.45) is 6.16. The minimum absolute atomic E-state index is 0.0891. The van der Waals surface area contributed by atoms with Crippen molar-refractivity contribution in [2.45, 2.75) is 26.2 Å². The van der Waals surface area contributed by atoms with E-state index in [0.717, 1.165) is 24.8 Å². The number of ether oxygens (including phenoxy) is 3. The van der Waals surface area contributed by atoms with Crippen LogP contribution in [0.15, 0.2) is 36.4 Å². The fourth-order valence-electron chi connectivity index (χ4n) is 2.77. The maximum atomic E-state index is 12.3. The van der Waals surface area contributed by atoms with Gasteiger partial charge in [-0.25, -0.2) is 4.79 Å². The molecule has 0 fully saturated rings. The number of carbonyl (C=O) groups excluding carboxylic acids is 1. The molecular weight excluding hydrogens is 422 g/mol. The minimum atomic E-state index is -1.18. The molecule has 2 rings (SSSR count). The van der Waals surface area contributed by atoms with Crippen LogP contribution in [-0.4, -0.2) is 37.8 Å². The summed E-state index contributed by atoms with van der Waals surface area (Å²) in [4.78, 5) is 23.5. The van der Waals surface area contributed by atoms with Gasteiger partial charge in [-0.05, 0) is 36.3 Å². The second-order valence-electron chi connectivity index (χ2n) is 6.63. The molecule has 1 amide bonds. The van der Waals surface area contributed by atoms with Gasteiger partial charge in [-0.2, -0.15) is 0 Å². The van der Waals surface area contributed by atoms with Gasteiger partial charge in [0.05, 0.1) is 31.5 Å². The number of carboxylic acid groups (broad SMARTS) is 1. The van der Waals surface area contributed by atoms with Crippen molar-refractivity contribution in [2.24, 2.45) is 0 Å². The lowest BCUT2D eigenvalue weighted by molar-refractivity contribution is -0.111. The van der Waals surface area contributed by atoms with Crippen molar-refractivity contribution in [3.63, 3.8) is 0 Å². The molecule has 31 heavy (non-hydrogen) atoms. The van der Waals surface area contributed by atoms with Crippen LogP contribution >= 0.6 is 11.6 Å². The van der Waals surface area contributed by atoms with Gasteiger partial charge < -0.3 is 24.6 Å². The highest BCUT2D eigenvalue weighted by molar-refractivity contribution is 6.34. The molecule has 0 saturated carbocycles. The summed E-state index contributed by atoms with van der Waals surface area (Å²) in [6, 6.07) is 7.99. The number of carboxylic acids is 1. The number of anilines is 1. The Morgan fingerprint density at radius 1 is 1.06 bits per heavy atom. The SMILES string of the molecule is CCCCCOc1ccc(/C=C/C(=O)Nc2cc(OC)c(C(=O)O)cc2Cl)cc1OC. The highest BCUT2D eigenvalue weighted by Crippen LogP contribution is 2.31. The van der Waals surface area contributed by atoms with Gasteiger partial charge in [0.15, 0.2) is 11.5 Å². The van der Waals surface area contributed by atoms with E-state index in [1.54, 1.807) is 25.3 Å². The fourth-order valence-corrected chi connectivity index (χ4v) is 2.98. The van der Waals surface area contributed by atoms with Crippen molar-refractivity contribution in [1.82, 2.24) is 0 Å². The number of rotatable bonds is 11. The van der Waals surface area contributed by atoms with Crippen molar-refractivity contribution in [3.8, 4) is 17.2 Å². The normalized spacial score (nSPS) is 10.7. The van der Waals surface area contributed by atoms with Gasteiger partial charge in [-0.3, -0.25) is 4.79 Å². The minimum Gasteiger partial charge on any atom is -0.496 e. The molecule has 0 aromatic heterocycles. The van der Waals surface area contributed by atoms with Crippen LogP contribution in [0.2, 0.25) is 5.02 Å². The summed E-state index contributed by atoms with van der Waals surface area (Å²) in [5, 5.41) is 11.9. The van der Waals surface area contributed by atoms with E-state index >= 15 is 0 Å². The smallest absolute Gasteiger partial charge is 0.339 e. The van der Waals surface area contributed by atoms with Gasteiger partial charge in [0, 0.05) is 12.1 Å². The Bertz CT molecular complexity index is 957. The van der Waals surface area contributed by atoms with E-state index in [1.807, 2.05) is 6.07 Å². The Balaban J connectivity index is 2.08. The number of carbonyl (C=O) groups is 2. The predicted molar refractivity (Wildman–Crippen MR) is 121 cm³/mol. The maximum absolute atomic E-state index is 12.3. The first kappa shape index (κ1) is 24.1. The monoisotopic (exact) mass is 447 g/mol. The molecule has 0 radical (unpaired) electrons. The number of hydrogen-bond acceptors (Lipinski definition) is 5. The van der Waals surface area contributed by atoms with E-state index in [-0.39, 0.29) is 22.0 Å². The molecule has 2 aromatic carbocycles. The van der Waals surface area contributed by atoms with E-state index in [1.165, 1.54) is 25.3 Å². The lowest BCUT2D eigenvalue weighted by Crippen LogP contribution is -2.09. The van der Waals surface area contributed by atoms with Crippen LogP contribution in [0.4, 0.5) is 5.69 Å². The first-order valence-electron chi connectivity index (χ1n) is 9.80. The molecule has 2 aromatic rings. The number of nitrogens with one attached hydrogen (secondary N) is 1. The van der Waals surface area contributed by atoms with Gasteiger partial charge in [0.1, 0.15) is 11.3 Å². The zero-order chi connectivity index (χ0) is 22.8. The standard InChI is InChI=1S/C23H26ClNO6/c1-4-5-6-11-31-19-9-7-15(12-21(19)30-3)8-10-22(26)25-18-14-20(29-2)16(23(27)28)13-17(18)24/h7-10,12-14H,4-6,11H2,1-3H3,(H,25,26)(H,27,28)/b10-8+. The van der Waals surface area contributed by atoms with Crippen LogP contribution in [0.5, 0.6) is 17.2 Å². The van der Waals surface area contributed by atoms with Gasteiger partial charge in [0.25, 0.3) is 0 Å². The summed E-state index contributed by atoms with van der Waals surface area (Å²) >= 11 is 6.09. The average Bonchev–Trinajstić information content (AvgIpc) is 2.76. The van der Waals surface area contributed by atoms with Crippen molar-refractivity contribution >= 4 is 35.2 Å². The fraction of sp³-hybridized carbons (Fsp3) is 0.304. The molecule has 8 heteroatoms. The summed E-state index contributed by atoms with van der Waals surface area (Å²) in [5.74, 6) is -0.293. The first-order chi connectivity index (χ1) is 14.9. The molecule has 0 spiro atoms. The number of aromatic carboxylic acids is 1. The summed E-state index contributed by atoms with van der Waals surface area (Å²) in [5.41, 5.74) is 0.898. The molecular formula is C23H26ClNO6. The van der Waals surface area contributed by atoms with Crippen LogP contribution in [0.3, 0.4) is 0 Å². The molecule has 0 atom stereocenters. The third kappa shape index (κ3) is 6.93. The van der Waals surface area contributed by atoms with Crippen molar-refractivity contribution < 1.29 is 28.9 Å². The van der Waals surface area contributed by atoms with E-state index in [2.05, 4.69) is 12.2 Å². The Kier molecular flexibility index (Phi) is 9.21. The highest BCUT2D eigenvalue weighted by Gasteiger charge is 2.15. The summed E-state index contributed by atoms with van der Waals surface area (Å²) < 4.78 is 16.2. The Hall–Kier alpha value is -3.19. The second kappa shape index (κ2) is 11.9. The molecule has 0 bridgehead atoms. The van der Waals surface area contributed by atoms with Crippen LogP contribution in [0, 0.1) is 0 Å². The number of benzene rings is 2. The van der Waals surface area contributed by atoms with E-state index in [9.17, 15) is 14.7 Å². The molecule has 0 saturated heterocycles. The van der Waals surface area contributed by atoms with Gasteiger partial charge >= 0.3 is 5.97 Å². The van der Waals surface area contributed by atoms with E-state index < -0.39 is 11.9 Å². The zero-order valence-corrected chi connectivity index (χ0v) is 18.5. The number of methoxy groups -OCH3 is 2. The number of hydrogen-bond donors (Lipinski definition) is 2. The molecule has 0 aliphatic carbocycles. The molecule has 0 aliphatic rings. The van der Waals surface area contributed by atoms with Crippen LogP contribution in [0.1, 0.15) is 42.1 Å². The van der Waals surface area contributed by atoms with Crippen molar-refractivity contribution in [3.05, 3.63) is 52.6 Å². The summed E-state index contributed by atoms with van der Waals surface area (Å²) in [7, 11) is 2.90. The molecule has 166 valence electrons.